The van der Waals surface area contributed by atoms with Crippen LogP contribution in [0, 0.1) is 28.5 Å². The van der Waals surface area contributed by atoms with Gasteiger partial charge in [-0.1, -0.05) is 20.8 Å². The molecule has 0 radical (unpaired) electrons. The van der Waals surface area contributed by atoms with Gasteiger partial charge in [0, 0.05) is 12.0 Å². The fraction of sp³-hybridized carbons (Fsp3) is 0.500. The first-order chi connectivity index (χ1) is 9.53. The molecule has 1 unspecified atom stereocenters. The molecule has 0 aliphatic carbocycles. The van der Waals surface area contributed by atoms with Crippen molar-refractivity contribution in [3.8, 4) is 11.8 Å². The van der Waals surface area contributed by atoms with Gasteiger partial charge in [0.2, 0.25) is 10.0 Å². The van der Waals surface area contributed by atoms with Gasteiger partial charge >= 0.3 is 0 Å². The second-order valence-electron chi connectivity index (χ2n) is 5.96. The van der Waals surface area contributed by atoms with Gasteiger partial charge in [0.25, 0.3) is 0 Å². The number of benzene rings is 1. The van der Waals surface area contributed by atoms with E-state index in [9.17, 15) is 12.8 Å². The van der Waals surface area contributed by atoms with E-state index in [1.165, 1.54) is 12.1 Å². The molecular weight excluding hydrogens is 295 g/mol. The van der Waals surface area contributed by atoms with Gasteiger partial charge in [-0.05, 0) is 17.5 Å². The Labute approximate surface area is 124 Å². The van der Waals surface area contributed by atoms with Crippen molar-refractivity contribution in [2.45, 2.75) is 20.8 Å². The molecule has 1 aromatic carbocycles. The summed E-state index contributed by atoms with van der Waals surface area (Å²) in [5.41, 5.74) is -0.406. The average Bonchev–Trinajstić information content (AvgIpc) is 2.32. The summed E-state index contributed by atoms with van der Waals surface area (Å²) in [6.07, 6.45) is 0. The van der Waals surface area contributed by atoms with Crippen LogP contribution in [-0.4, -0.2) is 20.8 Å². The molecule has 0 aliphatic rings. The quantitative estimate of drug-likeness (QED) is 0.899. The van der Waals surface area contributed by atoms with Crippen LogP contribution in [-0.2, 0) is 10.0 Å². The monoisotopic (exact) mass is 314 g/mol. The molecule has 2 N–H and O–H groups in total. The Morgan fingerprint density at radius 2 is 2.05 bits per heavy atom. The first-order valence-electron chi connectivity index (χ1n) is 6.36. The molecule has 0 aromatic heterocycles. The van der Waals surface area contributed by atoms with E-state index in [0.717, 1.165) is 6.07 Å². The number of nitriles is 1. The van der Waals surface area contributed by atoms with Crippen LogP contribution in [0.5, 0.6) is 5.75 Å². The molecule has 0 amide bonds. The molecule has 0 heterocycles. The Bertz CT molecular complexity index is 645. The van der Waals surface area contributed by atoms with Gasteiger partial charge in [0.05, 0.1) is 17.9 Å². The smallest absolute Gasteiger partial charge is 0.209 e. The van der Waals surface area contributed by atoms with Crippen LogP contribution < -0.4 is 9.88 Å². The number of ether oxygens (including phenoxy) is 1. The standard InChI is InChI=1S/C14H19FN2O3S/c1-14(2,3)11(9-21(17,18)19)8-20-12-5-4-10(7-16)13(15)6-12/h4-6,11H,8-9H2,1-3H3,(H2,17,18,19). The number of hydrogen-bond donors (Lipinski definition) is 1. The van der Waals surface area contributed by atoms with Crippen molar-refractivity contribution in [3.63, 3.8) is 0 Å². The molecule has 1 atom stereocenters. The van der Waals surface area contributed by atoms with Crippen LogP contribution in [0.1, 0.15) is 26.3 Å². The molecule has 0 saturated heterocycles. The maximum atomic E-state index is 13.5. The van der Waals surface area contributed by atoms with E-state index < -0.39 is 15.8 Å². The first kappa shape index (κ1) is 17.4. The molecular formula is C14H19FN2O3S. The Balaban J connectivity index is 2.83. The number of halogens is 1. The van der Waals surface area contributed by atoms with Gasteiger partial charge in [-0.2, -0.15) is 5.26 Å². The van der Waals surface area contributed by atoms with Crippen LogP contribution in [0.2, 0.25) is 0 Å². The molecule has 116 valence electrons. The average molecular weight is 314 g/mol. The summed E-state index contributed by atoms with van der Waals surface area (Å²) in [7, 11) is -3.63. The second-order valence-corrected chi connectivity index (χ2v) is 7.62. The van der Waals surface area contributed by atoms with Crippen LogP contribution in [0.3, 0.4) is 0 Å². The van der Waals surface area contributed by atoms with Crippen molar-refractivity contribution in [1.82, 2.24) is 0 Å². The zero-order valence-electron chi connectivity index (χ0n) is 12.3. The molecule has 1 aromatic rings. The summed E-state index contributed by atoms with van der Waals surface area (Å²) in [5, 5.41) is 13.7. The predicted octanol–water partition coefficient (Wildman–Crippen LogP) is 2.03. The highest BCUT2D eigenvalue weighted by Crippen LogP contribution is 2.28. The molecule has 0 fully saturated rings. The maximum absolute atomic E-state index is 13.5. The van der Waals surface area contributed by atoms with Gasteiger partial charge in [-0.15, -0.1) is 0 Å². The lowest BCUT2D eigenvalue weighted by molar-refractivity contribution is 0.163. The molecule has 1 rings (SSSR count). The molecule has 0 aliphatic heterocycles. The number of nitrogens with zero attached hydrogens (tertiary/aromatic N) is 1. The van der Waals surface area contributed by atoms with Crippen LogP contribution >= 0.6 is 0 Å². The lowest BCUT2D eigenvalue weighted by Crippen LogP contribution is -2.35. The van der Waals surface area contributed by atoms with E-state index in [0.29, 0.717) is 0 Å². The Morgan fingerprint density at radius 3 is 2.48 bits per heavy atom. The SMILES string of the molecule is CC(C)(C)C(COc1ccc(C#N)c(F)c1)CS(N)(=O)=O. The number of sulfonamides is 1. The third-order valence-electron chi connectivity index (χ3n) is 3.17. The van der Waals surface area contributed by atoms with E-state index >= 15 is 0 Å². The van der Waals surface area contributed by atoms with E-state index in [4.69, 9.17) is 15.1 Å². The summed E-state index contributed by atoms with van der Waals surface area (Å²) in [6, 6.07) is 5.61. The fourth-order valence-corrected chi connectivity index (χ4v) is 2.86. The number of rotatable bonds is 5. The molecule has 7 heteroatoms. The van der Waals surface area contributed by atoms with Gasteiger partial charge in [0.1, 0.15) is 17.6 Å². The highest BCUT2D eigenvalue weighted by atomic mass is 32.2. The van der Waals surface area contributed by atoms with Gasteiger partial charge in [-0.3, -0.25) is 0 Å². The zero-order valence-corrected chi connectivity index (χ0v) is 13.1. The second kappa shape index (κ2) is 6.41. The minimum absolute atomic E-state index is 0.0701. The van der Waals surface area contributed by atoms with Crippen LogP contribution in [0.15, 0.2) is 18.2 Å². The highest BCUT2D eigenvalue weighted by Gasteiger charge is 2.29. The minimum Gasteiger partial charge on any atom is -0.493 e. The van der Waals surface area contributed by atoms with E-state index in [1.54, 1.807) is 6.07 Å². The predicted molar refractivity (Wildman–Crippen MR) is 77.5 cm³/mol. The first-order valence-corrected chi connectivity index (χ1v) is 8.07. The van der Waals surface area contributed by atoms with Crippen LogP contribution in [0.25, 0.3) is 0 Å². The lowest BCUT2D eigenvalue weighted by Gasteiger charge is -2.29. The summed E-state index contributed by atoms with van der Waals surface area (Å²) >= 11 is 0. The van der Waals surface area contributed by atoms with E-state index in [2.05, 4.69) is 0 Å². The normalized spacial score (nSPS) is 13.5. The topological polar surface area (TPSA) is 93.2 Å². The third-order valence-corrected chi connectivity index (χ3v) is 4.04. The summed E-state index contributed by atoms with van der Waals surface area (Å²) < 4.78 is 41.4. The van der Waals surface area contributed by atoms with Gasteiger partial charge < -0.3 is 4.74 Å². The highest BCUT2D eigenvalue weighted by molar-refractivity contribution is 7.89. The molecule has 0 bridgehead atoms. The molecule has 0 saturated carbocycles. The zero-order chi connectivity index (χ0) is 16.3. The Hall–Kier alpha value is -1.65. The van der Waals surface area contributed by atoms with E-state index in [-0.39, 0.29) is 35.0 Å². The number of hydrogen-bond acceptors (Lipinski definition) is 4. The Morgan fingerprint density at radius 1 is 1.43 bits per heavy atom. The van der Waals surface area contributed by atoms with Gasteiger partial charge in [0.15, 0.2) is 0 Å². The molecule has 21 heavy (non-hydrogen) atoms. The maximum Gasteiger partial charge on any atom is 0.209 e. The van der Waals surface area contributed by atoms with Crippen molar-refractivity contribution >= 4 is 10.0 Å². The summed E-state index contributed by atoms with van der Waals surface area (Å²) in [6.45, 7) is 5.73. The van der Waals surface area contributed by atoms with Crippen molar-refractivity contribution in [2.75, 3.05) is 12.4 Å². The fourth-order valence-electron chi connectivity index (χ4n) is 1.70. The minimum atomic E-state index is -3.63. The van der Waals surface area contributed by atoms with Crippen molar-refractivity contribution in [3.05, 3.63) is 29.6 Å². The summed E-state index contributed by atoms with van der Waals surface area (Å²) in [4.78, 5) is 0. The number of nitrogens with two attached hydrogens (primary N) is 1. The van der Waals surface area contributed by atoms with Crippen molar-refractivity contribution < 1.29 is 17.5 Å². The Kier molecular flexibility index (Phi) is 5.31. The largest absolute Gasteiger partial charge is 0.493 e. The molecule has 5 nitrogen and oxygen atoms in total. The van der Waals surface area contributed by atoms with Crippen molar-refractivity contribution in [1.29, 1.82) is 5.26 Å². The van der Waals surface area contributed by atoms with E-state index in [1.807, 2.05) is 20.8 Å². The number of primary sulfonamides is 1. The van der Waals surface area contributed by atoms with Crippen LogP contribution in [0.4, 0.5) is 4.39 Å². The lowest BCUT2D eigenvalue weighted by atomic mass is 9.82. The summed E-state index contributed by atoms with van der Waals surface area (Å²) in [5.74, 6) is -0.981. The van der Waals surface area contributed by atoms with Gasteiger partial charge in [-0.25, -0.2) is 17.9 Å². The van der Waals surface area contributed by atoms with Crippen molar-refractivity contribution in [2.24, 2.45) is 16.5 Å². The third kappa shape index (κ3) is 5.69. The molecule has 0 spiro atoms.